The topological polar surface area (TPSA) is 64.1 Å². The van der Waals surface area contributed by atoms with Gasteiger partial charge in [0.05, 0.1) is 13.2 Å². The number of rotatable bonds is 3. The van der Waals surface area contributed by atoms with Gasteiger partial charge in [-0.2, -0.15) is 0 Å². The largest absolute Gasteiger partial charge is 0.390 e. The lowest BCUT2D eigenvalue weighted by Gasteiger charge is -2.03. The molecule has 0 aliphatic heterocycles. The van der Waals surface area contributed by atoms with Crippen molar-refractivity contribution in [1.82, 2.24) is 14.9 Å². The predicted octanol–water partition coefficient (Wildman–Crippen LogP) is 0.720. The summed E-state index contributed by atoms with van der Waals surface area (Å²) in [5, 5.41) is 16.5. The van der Waals surface area contributed by atoms with Crippen molar-refractivity contribution in [3.05, 3.63) is 35.4 Å². The number of aromatic nitrogens is 3. The highest BCUT2D eigenvalue weighted by atomic mass is 16.6. The standard InChI is InChI=1S/C9H11N3O2/c1-7-9(11-14-10-7)5-12-4-2-3-8(12)6-13/h2-4,13H,5-6H2,1H3. The molecule has 0 unspecified atom stereocenters. The summed E-state index contributed by atoms with van der Waals surface area (Å²) in [6.07, 6.45) is 1.89. The molecule has 0 bridgehead atoms. The summed E-state index contributed by atoms with van der Waals surface area (Å²) in [6, 6.07) is 3.75. The molecule has 5 heteroatoms. The molecule has 0 aromatic carbocycles. The van der Waals surface area contributed by atoms with Gasteiger partial charge in [0.1, 0.15) is 11.4 Å². The van der Waals surface area contributed by atoms with Gasteiger partial charge in [0.15, 0.2) is 0 Å². The maximum absolute atomic E-state index is 9.02. The van der Waals surface area contributed by atoms with Crippen molar-refractivity contribution in [2.24, 2.45) is 0 Å². The van der Waals surface area contributed by atoms with Crippen LogP contribution < -0.4 is 0 Å². The molecule has 0 aliphatic carbocycles. The van der Waals surface area contributed by atoms with E-state index in [0.29, 0.717) is 6.54 Å². The summed E-state index contributed by atoms with van der Waals surface area (Å²) in [5.41, 5.74) is 2.42. The van der Waals surface area contributed by atoms with Crippen LogP contribution in [0.4, 0.5) is 0 Å². The monoisotopic (exact) mass is 193 g/mol. The highest BCUT2D eigenvalue weighted by Crippen LogP contribution is 2.08. The second kappa shape index (κ2) is 3.63. The molecule has 0 spiro atoms. The van der Waals surface area contributed by atoms with Gasteiger partial charge in [0.25, 0.3) is 0 Å². The maximum atomic E-state index is 9.02. The van der Waals surface area contributed by atoms with Crippen LogP contribution in [0.2, 0.25) is 0 Å². The number of nitrogens with zero attached hydrogens (tertiary/aromatic N) is 3. The third kappa shape index (κ3) is 1.54. The van der Waals surface area contributed by atoms with Gasteiger partial charge >= 0.3 is 0 Å². The van der Waals surface area contributed by atoms with Crippen LogP contribution >= 0.6 is 0 Å². The van der Waals surface area contributed by atoms with Gasteiger partial charge in [0.2, 0.25) is 0 Å². The van der Waals surface area contributed by atoms with Gasteiger partial charge in [-0.05, 0) is 19.1 Å². The molecular weight excluding hydrogens is 182 g/mol. The van der Waals surface area contributed by atoms with E-state index in [9.17, 15) is 0 Å². The first-order valence-electron chi connectivity index (χ1n) is 4.34. The van der Waals surface area contributed by atoms with Gasteiger partial charge in [-0.15, -0.1) is 0 Å². The van der Waals surface area contributed by atoms with Crippen molar-refractivity contribution in [3.8, 4) is 0 Å². The van der Waals surface area contributed by atoms with Crippen molar-refractivity contribution in [1.29, 1.82) is 0 Å². The van der Waals surface area contributed by atoms with Gasteiger partial charge in [-0.1, -0.05) is 10.3 Å². The first-order valence-corrected chi connectivity index (χ1v) is 4.34. The minimum atomic E-state index is 0.0251. The van der Waals surface area contributed by atoms with Crippen molar-refractivity contribution in [2.45, 2.75) is 20.1 Å². The predicted molar refractivity (Wildman–Crippen MR) is 48.5 cm³/mol. The first-order chi connectivity index (χ1) is 6.81. The third-order valence-corrected chi connectivity index (χ3v) is 2.15. The molecule has 0 fully saturated rings. The van der Waals surface area contributed by atoms with Crippen LogP contribution in [0.25, 0.3) is 0 Å². The molecule has 14 heavy (non-hydrogen) atoms. The number of aliphatic hydroxyl groups excluding tert-OH is 1. The highest BCUT2D eigenvalue weighted by Gasteiger charge is 2.07. The molecule has 2 aromatic heterocycles. The Hall–Kier alpha value is -1.62. The molecule has 0 amide bonds. The van der Waals surface area contributed by atoms with Gasteiger partial charge in [-0.25, -0.2) is 4.63 Å². The van der Waals surface area contributed by atoms with Crippen molar-refractivity contribution in [3.63, 3.8) is 0 Å². The minimum absolute atomic E-state index is 0.0251. The van der Waals surface area contributed by atoms with E-state index in [1.165, 1.54) is 0 Å². The summed E-state index contributed by atoms with van der Waals surface area (Å²) in [5.74, 6) is 0. The summed E-state index contributed by atoms with van der Waals surface area (Å²) in [7, 11) is 0. The van der Waals surface area contributed by atoms with E-state index in [0.717, 1.165) is 17.1 Å². The summed E-state index contributed by atoms with van der Waals surface area (Å²) in [6.45, 7) is 2.45. The van der Waals surface area contributed by atoms with Gasteiger partial charge < -0.3 is 9.67 Å². The molecule has 74 valence electrons. The van der Waals surface area contributed by atoms with E-state index in [1.54, 1.807) is 0 Å². The second-order valence-corrected chi connectivity index (χ2v) is 3.08. The molecule has 2 aromatic rings. The van der Waals surface area contributed by atoms with E-state index in [2.05, 4.69) is 14.9 Å². The average Bonchev–Trinajstić information content (AvgIpc) is 2.77. The molecule has 1 N–H and O–H groups in total. The van der Waals surface area contributed by atoms with Crippen LogP contribution in [0, 0.1) is 6.92 Å². The van der Waals surface area contributed by atoms with Crippen molar-refractivity contribution >= 4 is 0 Å². The second-order valence-electron chi connectivity index (χ2n) is 3.08. The van der Waals surface area contributed by atoms with Crippen LogP contribution in [0.15, 0.2) is 23.0 Å². The summed E-state index contributed by atoms with van der Waals surface area (Å²) < 4.78 is 6.50. The zero-order valence-electron chi connectivity index (χ0n) is 7.84. The molecule has 0 saturated heterocycles. The van der Waals surface area contributed by atoms with Crippen LogP contribution in [0.3, 0.4) is 0 Å². The average molecular weight is 193 g/mol. The Balaban J connectivity index is 2.22. The molecule has 0 saturated carbocycles. The molecule has 0 atom stereocenters. The molecule has 2 heterocycles. The quantitative estimate of drug-likeness (QED) is 0.780. The van der Waals surface area contributed by atoms with Crippen molar-refractivity contribution < 1.29 is 9.74 Å². The zero-order chi connectivity index (χ0) is 9.97. The fraction of sp³-hybridized carbons (Fsp3) is 0.333. The summed E-state index contributed by atoms with van der Waals surface area (Å²) >= 11 is 0. The van der Waals surface area contributed by atoms with Crippen LogP contribution in [0.1, 0.15) is 17.1 Å². The SMILES string of the molecule is Cc1nonc1Cn1cccc1CO. The molecule has 5 nitrogen and oxygen atoms in total. The Morgan fingerprint density at radius 3 is 3.00 bits per heavy atom. The van der Waals surface area contributed by atoms with Crippen molar-refractivity contribution in [2.75, 3.05) is 0 Å². The summed E-state index contributed by atoms with van der Waals surface area (Å²) in [4.78, 5) is 0. The van der Waals surface area contributed by atoms with Gasteiger partial charge in [0, 0.05) is 11.9 Å². The molecule has 0 radical (unpaired) electrons. The lowest BCUT2D eigenvalue weighted by Crippen LogP contribution is -2.04. The van der Waals surface area contributed by atoms with Crippen LogP contribution in [-0.4, -0.2) is 20.0 Å². The lowest BCUT2D eigenvalue weighted by atomic mass is 10.3. The van der Waals surface area contributed by atoms with Gasteiger partial charge in [-0.3, -0.25) is 0 Å². The Morgan fingerprint density at radius 2 is 2.36 bits per heavy atom. The minimum Gasteiger partial charge on any atom is -0.390 e. The van der Waals surface area contributed by atoms with E-state index in [4.69, 9.17) is 5.11 Å². The molecule has 2 rings (SSSR count). The lowest BCUT2D eigenvalue weighted by molar-refractivity contribution is 0.270. The Kier molecular flexibility index (Phi) is 2.32. The zero-order valence-corrected chi connectivity index (χ0v) is 7.84. The van der Waals surface area contributed by atoms with E-state index in [-0.39, 0.29) is 6.61 Å². The fourth-order valence-electron chi connectivity index (χ4n) is 1.30. The van der Waals surface area contributed by atoms with Crippen LogP contribution in [0.5, 0.6) is 0 Å². The van der Waals surface area contributed by atoms with E-state index in [1.807, 2.05) is 29.8 Å². The van der Waals surface area contributed by atoms with E-state index < -0.39 is 0 Å². The number of aliphatic hydroxyl groups is 1. The maximum Gasteiger partial charge on any atom is 0.127 e. The molecular formula is C9H11N3O2. The third-order valence-electron chi connectivity index (χ3n) is 2.15. The smallest absolute Gasteiger partial charge is 0.127 e. The van der Waals surface area contributed by atoms with Crippen LogP contribution in [-0.2, 0) is 13.2 Å². The number of hydrogen-bond acceptors (Lipinski definition) is 4. The van der Waals surface area contributed by atoms with E-state index >= 15 is 0 Å². The fourth-order valence-corrected chi connectivity index (χ4v) is 1.30. The first kappa shape index (κ1) is 8.96. The normalized spacial score (nSPS) is 10.7. The Labute approximate surface area is 80.9 Å². The highest BCUT2D eigenvalue weighted by molar-refractivity contribution is 5.11. The number of aryl methyl sites for hydroxylation is 1. The Bertz CT molecular complexity index is 419. The Morgan fingerprint density at radius 1 is 1.50 bits per heavy atom. The molecule has 0 aliphatic rings. The number of hydrogen-bond donors (Lipinski definition) is 1.